The molecule has 2 aromatic heterocycles. The molecule has 1 atom stereocenters. The first-order valence-corrected chi connectivity index (χ1v) is 9.26. The number of benzene rings is 2. The van der Waals surface area contributed by atoms with Crippen LogP contribution in [-0.4, -0.2) is 15.9 Å². The molecule has 4 aromatic rings. The third kappa shape index (κ3) is 2.33. The Hall–Kier alpha value is -2.72. The molecule has 0 unspecified atom stereocenters. The fourth-order valence-electron chi connectivity index (χ4n) is 4.09. The largest absolute Gasteiger partial charge is 0.360 e. The van der Waals surface area contributed by atoms with Crippen LogP contribution in [0, 0.1) is 0 Å². The number of fused-ring (bicyclic) bond motifs is 4. The molecule has 5 heteroatoms. The monoisotopic (exact) mass is 363 g/mol. The molecule has 0 bridgehead atoms. The smallest absolute Gasteiger partial charge is 0.253 e. The number of H-pyrrole nitrogens is 2. The summed E-state index contributed by atoms with van der Waals surface area (Å²) < 4.78 is 0. The number of para-hydroxylation sites is 2. The molecule has 2 heterocycles. The van der Waals surface area contributed by atoms with Crippen molar-refractivity contribution in [1.82, 2.24) is 15.3 Å². The van der Waals surface area contributed by atoms with Crippen LogP contribution in [0.2, 0.25) is 5.02 Å². The summed E-state index contributed by atoms with van der Waals surface area (Å²) >= 11 is 6.35. The molecule has 0 fully saturated rings. The molecule has 0 saturated heterocycles. The number of carbonyl (C=O) groups is 1. The van der Waals surface area contributed by atoms with Crippen molar-refractivity contribution in [3.63, 3.8) is 0 Å². The van der Waals surface area contributed by atoms with Gasteiger partial charge in [0.15, 0.2) is 0 Å². The van der Waals surface area contributed by atoms with Crippen molar-refractivity contribution in [3.05, 3.63) is 70.5 Å². The normalized spacial score (nSPS) is 16.7. The van der Waals surface area contributed by atoms with Crippen LogP contribution in [0.3, 0.4) is 0 Å². The van der Waals surface area contributed by atoms with Gasteiger partial charge in [-0.1, -0.05) is 41.9 Å². The van der Waals surface area contributed by atoms with Crippen LogP contribution >= 0.6 is 11.6 Å². The van der Waals surface area contributed by atoms with Gasteiger partial charge in [-0.2, -0.15) is 0 Å². The molecular formula is C21H18ClN3O. The molecule has 26 heavy (non-hydrogen) atoms. The van der Waals surface area contributed by atoms with Gasteiger partial charge < -0.3 is 15.3 Å². The van der Waals surface area contributed by atoms with E-state index in [0.717, 1.165) is 46.4 Å². The van der Waals surface area contributed by atoms with E-state index in [9.17, 15) is 4.79 Å². The average Bonchev–Trinajstić information content (AvgIpc) is 3.25. The maximum Gasteiger partial charge on any atom is 0.253 e. The molecule has 0 spiro atoms. The van der Waals surface area contributed by atoms with Crippen LogP contribution in [0.5, 0.6) is 0 Å². The van der Waals surface area contributed by atoms with Crippen LogP contribution in [0.4, 0.5) is 0 Å². The highest BCUT2D eigenvalue weighted by Crippen LogP contribution is 2.37. The Balaban J connectivity index is 1.52. The summed E-state index contributed by atoms with van der Waals surface area (Å²) in [5.41, 5.74) is 4.99. The van der Waals surface area contributed by atoms with E-state index in [-0.39, 0.29) is 11.9 Å². The van der Waals surface area contributed by atoms with Crippen LogP contribution in [0.25, 0.3) is 21.8 Å². The number of aromatic nitrogens is 2. The number of carbonyl (C=O) groups excluding carboxylic acids is 1. The SMILES string of the molecule is O=C(N[C@H]1CCCc2c1[nH]c1c(Cl)cccc21)c1c[nH]c2ccccc12. The Morgan fingerprint density at radius 1 is 1.12 bits per heavy atom. The van der Waals surface area contributed by atoms with E-state index in [1.54, 1.807) is 6.20 Å². The van der Waals surface area contributed by atoms with Gasteiger partial charge >= 0.3 is 0 Å². The second kappa shape index (κ2) is 5.92. The second-order valence-electron chi connectivity index (χ2n) is 6.85. The lowest BCUT2D eigenvalue weighted by molar-refractivity contribution is 0.0933. The Kier molecular flexibility index (Phi) is 3.54. The number of aryl methyl sites for hydroxylation is 1. The number of rotatable bonds is 2. The maximum absolute atomic E-state index is 12.9. The topological polar surface area (TPSA) is 60.7 Å². The summed E-state index contributed by atoms with van der Waals surface area (Å²) in [6.45, 7) is 0. The minimum atomic E-state index is -0.0509. The molecule has 0 saturated carbocycles. The van der Waals surface area contributed by atoms with Crippen molar-refractivity contribution in [3.8, 4) is 0 Å². The lowest BCUT2D eigenvalue weighted by Gasteiger charge is -2.23. The van der Waals surface area contributed by atoms with E-state index in [1.807, 2.05) is 36.4 Å². The minimum Gasteiger partial charge on any atom is -0.360 e. The molecule has 4 nitrogen and oxygen atoms in total. The molecule has 0 aliphatic heterocycles. The van der Waals surface area contributed by atoms with Gasteiger partial charge in [0.25, 0.3) is 5.91 Å². The summed E-state index contributed by atoms with van der Waals surface area (Å²) in [4.78, 5) is 19.5. The molecular weight excluding hydrogens is 346 g/mol. The zero-order chi connectivity index (χ0) is 17.7. The Morgan fingerprint density at radius 3 is 2.88 bits per heavy atom. The molecule has 2 aromatic carbocycles. The highest BCUT2D eigenvalue weighted by atomic mass is 35.5. The van der Waals surface area contributed by atoms with Crippen molar-refractivity contribution in [1.29, 1.82) is 0 Å². The van der Waals surface area contributed by atoms with Gasteiger partial charge in [-0.05, 0) is 37.0 Å². The first-order chi connectivity index (χ1) is 12.7. The summed E-state index contributed by atoms with van der Waals surface area (Å²) in [6, 6.07) is 13.8. The zero-order valence-electron chi connectivity index (χ0n) is 14.1. The standard InChI is InChI=1S/C21H18ClN3O/c22-16-8-3-6-13-14-7-4-10-18(20(14)25-19(13)16)24-21(26)15-11-23-17-9-2-1-5-12(15)17/h1-3,5-6,8-9,11,18,23,25H,4,7,10H2,(H,24,26)/t18-/m0/s1. The van der Waals surface area contributed by atoms with Crippen LogP contribution in [-0.2, 0) is 6.42 Å². The quantitative estimate of drug-likeness (QED) is 0.455. The Bertz CT molecular complexity index is 1140. The third-order valence-corrected chi connectivity index (χ3v) is 5.65. The molecule has 0 radical (unpaired) electrons. The number of hydrogen-bond donors (Lipinski definition) is 3. The minimum absolute atomic E-state index is 0.0246. The summed E-state index contributed by atoms with van der Waals surface area (Å²) in [6.07, 6.45) is 4.76. The van der Waals surface area contributed by atoms with E-state index >= 15 is 0 Å². The lowest BCUT2D eigenvalue weighted by atomic mass is 9.91. The van der Waals surface area contributed by atoms with Crippen LogP contribution < -0.4 is 5.32 Å². The summed E-state index contributed by atoms with van der Waals surface area (Å²) in [5, 5.41) is 6.05. The Labute approximate surface area is 155 Å². The molecule has 3 N–H and O–H groups in total. The van der Waals surface area contributed by atoms with E-state index in [0.29, 0.717) is 5.56 Å². The van der Waals surface area contributed by atoms with Crippen molar-refractivity contribution in [2.45, 2.75) is 25.3 Å². The summed E-state index contributed by atoms with van der Waals surface area (Å²) in [5.74, 6) is -0.0509. The fraction of sp³-hybridized carbons (Fsp3) is 0.190. The third-order valence-electron chi connectivity index (χ3n) is 5.33. The molecule has 1 aliphatic rings. The van der Waals surface area contributed by atoms with Gasteiger partial charge in [-0.25, -0.2) is 0 Å². The van der Waals surface area contributed by atoms with Crippen molar-refractivity contribution >= 4 is 39.3 Å². The average molecular weight is 364 g/mol. The highest BCUT2D eigenvalue weighted by molar-refractivity contribution is 6.35. The highest BCUT2D eigenvalue weighted by Gasteiger charge is 2.27. The lowest BCUT2D eigenvalue weighted by Crippen LogP contribution is -2.30. The van der Waals surface area contributed by atoms with Gasteiger partial charge in [-0.3, -0.25) is 4.79 Å². The summed E-state index contributed by atoms with van der Waals surface area (Å²) in [7, 11) is 0. The number of hydrogen-bond acceptors (Lipinski definition) is 1. The number of amides is 1. The predicted molar refractivity (Wildman–Crippen MR) is 105 cm³/mol. The first-order valence-electron chi connectivity index (χ1n) is 8.88. The molecule has 1 aliphatic carbocycles. The molecule has 5 rings (SSSR count). The maximum atomic E-state index is 12.9. The van der Waals surface area contributed by atoms with E-state index in [1.165, 1.54) is 10.9 Å². The number of halogens is 1. The van der Waals surface area contributed by atoms with Gasteiger partial charge in [0.1, 0.15) is 0 Å². The van der Waals surface area contributed by atoms with Gasteiger partial charge in [0.05, 0.1) is 22.1 Å². The number of nitrogens with one attached hydrogen (secondary N) is 3. The van der Waals surface area contributed by atoms with Crippen LogP contribution in [0.1, 0.15) is 40.5 Å². The first kappa shape index (κ1) is 15.5. The van der Waals surface area contributed by atoms with Gasteiger partial charge in [-0.15, -0.1) is 0 Å². The van der Waals surface area contributed by atoms with E-state index < -0.39 is 0 Å². The van der Waals surface area contributed by atoms with E-state index in [4.69, 9.17) is 11.6 Å². The molecule has 130 valence electrons. The van der Waals surface area contributed by atoms with Crippen molar-refractivity contribution in [2.75, 3.05) is 0 Å². The van der Waals surface area contributed by atoms with Gasteiger partial charge in [0.2, 0.25) is 0 Å². The van der Waals surface area contributed by atoms with Crippen LogP contribution in [0.15, 0.2) is 48.7 Å². The van der Waals surface area contributed by atoms with Crippen molar-refractivity contribution in [2.24, 2.45) is 0 Å². The van der Waals surface area contributed by atoms with E-state index in [2.05, 4.69) is 21.4 Å². The predicted octanol–water partition coefficient (Wildman–Crippen LogP) is 5.11. The zero-order valence-corrected chi connectivity index (χ0v) is 14.9. The van der Waals surface area contributed by atoms with Crippen molar-refractivity contribution < 1.29 is 4.79 Å². The number of aromatic amines is 2. The second-order valence-corrected chi connectivity index (χ2v) is 7.25. The van der Waals surface area contributed by atoms with Gasteiger partial charge in [0, 0.05) is 28.2 Å². The fourth-order valence-corrected chi connectivity index (χ4v) is 4.31. The Morgan fingerprint density at radius 2 is 1.96 bits per heavy atom. The molecule has 1 amide bonds.